The Kier molecular flexibility index (Phi) is 4.80. The van der Waals surface area contributed by atoms with Crippen LogP contribution in [0.25, 0.3) is 0 Å². The molecule has 5 nitrogen and oxygen atoms in total. The van der Waals surface area contributed by atoms with Crippen molar-refractivity contribution in [2.45, 2.75) is 37.6 Å². The van der Waals surface area contributed by atoms with Crippen molar-refractivity contribution in [3.05, 3.63) is 29.3 Å². The molecule has 4 rings (SSSR count). The van der Waals surface area contributed by atoms with E-state index in [0.29, 0.717) is 12.6 Å². The SMILES string of the molecule is Cc1ccc2c(c1)C1(CCN(C3CCOC3)CC1)CN2C(=O)CN(C)C. The minimum Gasteiger partial charge on any atom is -0.380 e. The molecule has 1 aromatic rings. The summed E-state index contributed by atoms with van der Waals surface area (Å²) < 4.78 is 5.59. The average molecular weight is 357 g/mol. The molecule has 0 saturated carbocycles. The Hall–Kier alpha value is -1.43. The van der Waals surface area contributed by atoms with Gasteiger partial charge in [-0.05, 0) is 65.0 Å². The van der Waals surface area contributed by atoms with E-state index in [2.05, 4.69) is 30.0 Å². The van der Waals surface area contributed by atoms with Crippen molar-refractivity contribution in [1.82, 2.24) is 9.80 Å². The number of fused-ring (bicyclic) bond motifs is 2. The predicted octanol–water partition coefficient (Wildman–Crippen LogP) is 2.03. The molecule has 0 aliphatic carbocycles. The lowest BCUT2D eigenvalue weighted by Gasteiger charge is -2.42. The van der Waals surface area contributed by atoms with Crippen LogP contribution in [0.4, 0.5) is 5.69 Å². The van der Waals surface area contributed by atoms with Gasteiger partial charge in [0.15, 0.2) is 0 Å². The third kappa shape index (κ3) is 3.17. The number of likely N-dealkylation sites (tertiary alicyclic amines) is 1. The molecule has 0 N–H and O–H groups in total. The Morgan fingerprint density at radius 3 is 2.73 bits per heavy atom. The van der Waals surface area contributed by atoms with Crippen molar-refractivity contribution in [1.29, 1.82) is 0 Å². The summed E-state index contributed by atoms with van der Waals surface area (Å²) >= 11 is 0. The number of likely N-dealkylation sites (N-methyl/N-ethyl adjacent to an activating group) is 1. The summed E-state index contributed by atoms with van der Waals surface area (Å²) in [6.07, 6.45) is 3.42. The average Bonchev–Trinajstić information content (AvgIpc) is 3.23. The minimum atomic E-state index is 0.124. The summed E-state index contributed by atoms with van der Waals surface area (Å²) in [5.74, 6) is 0.212. The molecule has 5 heteroatoms. The van der Waals surface area contributed by atoms with Gasteiger partial charge in [0.05, 0.1) is 13.2 Å². The first-order chi connectivity index (χ1) is 12.5. The molecule has 142 valence electrons. The number of ether oxygens (including phenoxy) is 1. The van der Waals surface area contributed by atoms with Gasteiger partial charge < -0.3 is 14.5 Å². The second kappa shape index (κ2) is 6.95. The fourth-order valence-electron chi connectivity index (χ4n) is 4.92. The number of anilines is 1. The number of amides is 1. The van der Waals surface area contributed by atoms with Crippen molar-refractivity contribution in [2.75, 3.05) is 58.4 Å². The largest absolute Gasteiger partial charge is 0.380 e. The highest BCUT2D eigenvalue weighted by atomic mass is 16.5. The zero-order chi connectivity index (χ0) is 18.3. The summed E-state index contributed by atoms with van der Waals surface area (Å²) in [6, 6.07) is 7.22. The predicted molar refractivity (Wildman–Crippen MR) is 104 cm³/mol. The first-order valence-electron chi connectivity index (χ1n) is 9.86. The van der Waals surface area contributed by atoms with Crippen LogP contribution in [-0.2, 0) is 14.9 Å². The second-order valence-corrected chi connectivity index (χ2v) is 8.57. The van der Waals surface area contributed by atoms with Crippen molar-refractivity contribution in [2.24, 2.45) is 0 Å². The molecule has 3 aliphatic heterocycles. The molecule has 1 amide bonds. The summed E-state index contributed by atoms with van der Waals surface area (Å²) in [5, 5.41) is 0. The first kappa shape index (κ1) is 18.0. The van der Waals surface area contributed by atoms with E-state index in [4.69, 9.17) is 4.74 Å². The lowest BCUT2D eigenvalue weighted by Crippen LogP contribution is -2.49. The molecule has 1 spiro atoms. The molecule has 2 fully saturated rings. The normalized spacial score (nSPS) is 25.2. The number of piperidine rings is 1. The van der Waals surface area contributed by atoms with Crippen LogP contribution in [0.5, 0.6) is 0 Å². The molecular formula is C21H31N3O2. The molecule has 1 atom stereocenters. The zero-order valence-electron chi connectivity index (χ0n) is 16.3. The monoisotopic (exact) mass is 357 g/mol. The smallest absolute Gasteiger partial charge is 0.241 e. The number of carbonyl (C=O) groups excluding carboxylic acids is 1. The highest BCUT2D eigenvalue weighted by Gasteiger charge is 2.47. The molecule has 3 heterocycles. The Balaban J connectivity index is 1.57. The van der Waals surface area contributed by atoms with Gasteiger partial charge >= 0.3 is 0 Å². The fourth-order valence-corrected chi connectivity index (χ4v) is 4.92. The molecule has 26 heavy (non-hydrogen) atoms. The number of benzene rings is 1. The van der Waals surface area contributed by atoms with Crippen LogP contribution in [0.2, 0.25) is 0 Å². The van der Waals surface area contributed by atoms with Crippen LogP contribution in [0.15, 0.2) is 18.2 Å². The van der Waals surface area contributed by atoms with E-state index >= 15 is 0 Å². The van der Waals surface area contributed by atoms with Crippen LogP contribution < -0.4 is 4.90 Å². The number of rotatable bonds is 3. The van der Waals surface area contributed by atoms with Crippen molar-refractivity contribution in [3.8, 4) is 0 Å². The van der Waals surface area contributed by atoms with Gasteiger partial charge in [-0.1, -0.05) is 17.7 Å². The molecule has 2 saturated heterocycles. The second-order valence-electron chi connectivity index (χ2n) is 8.57. The zero-order valence-corrected chi connectivity index (χ0v) is 16.3. The van der Waals surface area contributed by atoms with Crippen LogP contribution in [-0.4, -0.2) is 75.2 Å². The maximum absolute atomic E-state index is 12.9. The minimum absolute atomic E-state index is 0.124. The fraction of sp³-hybridized carbons (Fsp3) is 0.667. The standard InChI is InChI=1S/C21H31N3O2/c1-16-4-5-19-18(12-16)21(15-24(19)20(25)13-22(2)3)7-9-23(10-8-21)17-6-11-26-14-17/h4-5,12,17H,6-11,13-15H2,1-3H3. The molecule has 0 bridgehead atoms. The summed E-state index contributed by atoms with van der Waals surface area (Å²) in [4.78, 5) is 19.5. The molecule has 0 radical (unpaired) electrons. The number of hydrogen-bond acceptors (Lipinski definition) is 4. The molecule has 3 aliphatic rings. The highest BCUT2D eigenvalue weighted by Crippen LogP contribution is 2.47. The lowest BCUT2D eigenvalue weighted by atomic mass is 9.73. The maximum atomic E-state index is 12.9. The topological polar surface area (TPSA) is 36.0 Å². The van der Waals surface area contributed by atoms with Crippen molar-refractivity contribution in [3.63, 3.8) is 0 Å². The van der Waals surface area contributed by atoms with Crippen LogP contribution in [0.3, 0.4) is 0 Å². The maximum Gasteiger partial charge on any atom is 0.241 e. The number of hydrogen-bond donors (Lipinski definition) is 0. The van der Waals surface area contributed by atoms with E-state index in [1.54, 1.807) is 0 Å². The number of nitrogens with zero attached hydrogens (tertiary/aromatic N) is 3. The molecular weight excluding hydrogens is 326 g/mol. The van der Waals surface area contributed by atoms with Crippen LogP contribution >= 0.6 is 0 Å². The van der Waals surface area contributed by atoms with Gasteiger partial charge in [0.2, 0.25) is 5.91 Å². The van der Waals surface area contributed by atoms with E-state index in [1.807, 2.05) is 23.9 Å². The Labute approximate surface area is 156 Å². The Bertz CT molecular complexity index is 674. The quantitative estimate of drug-likeness (QED) is 0.829. The Morgan fingerprint density at radius 2 is 2.08 bits per heavy atom. The lowest BCUT2D eigenvalue weighted by molar-refractivity contribution is -0.119. The van der Waals surface area contributed by atoms with Gasteiger partial charge in [0.25, 0.3) is 0 Å². The van der Waals surface area contributed by atoms with E-state index < -0.39 is 0 Å². The van der Waals surface area contributed by atoms with Gasteiger partial charge in [-0.15, -0.1) is 0 Å². The number of aryl methyl sites for hydroxylation is 1. The van der Waals surface area contributed by atoms with Gasteiger partial charge in [-0.2, -0.15) is 0 Å². The van der Waals surface area contributed by atoms with Gasteiger partial charge in [0, 0.05) is 30.3 Å². The highest BCUT2D eigenvalue weighted by molar-refractivity contribution is 5.97. The Morgan fingerprint density at radius 1 is 1.31 bits per heavy atom. The number of carbonyl (C=O) groups is 1. The molecule has 1 aromatic carbocycles. The third-order valence-corrected chi connectivity index (χ3v) is 6.40. The van der Waals surface area contributed by atoms with E-state index in [1.165, 1.54) is 11.1 Å². The van der Waals surface area contributed by atoms with Crippen LogP contribution in [0, 0.1) is 6.92 Å². The van der Waals surface area contributed by atoms with Gasteiger partial charge in [-0.25, -0.2) is 0 Å². The summed E-state index contributed by atoms with van der Waals surface area (Å²) in [7, 11) is 3.92. The molecule has 1 unspecified atom stereocenters. The van der Waals surface area contributed by atoms with Gasteiger partial charge in [0.1, 0.15) is 0 Å². The molecule has 0 aromatic heterocycles. The van der Waals surface area contributed by atoms with E-state index in [0.717, 1.165) is 57.8 Å². The first-order valence-corrected chi connectivity index (χ1v) is 9.86. The van der Waals surface area contributed by atoms with E-state index in [9.17, 15) is 4.79 Å². The third-order valence-electron chi connectivity index (χ3n) is 6.40. The van der Waals surface area contributed by atoms with Gasteiger partial charge in [-0.3, -0.25) is 9.69 Å². The van der Waals surface area contributed by atoms with E-state index in [-0.39, 0.29) is 11.3 Å². The van der Waals surface area contributed by atoms with Crippen molar-refractivity contribution < 1.29 is 9.53 Å². The summed E-state index contributed by atoms with van der Waals surface area (Å²) in [6.45, 7) is 7.47. The van der Waals surface area contributed by atoms with Crippen molar-refractivity contribution >= 4 is 11.6 Å². The van der Waals surface area contributed by atoms with Crippen LogP contribution in [0.1, 0.15) is 30.4 Å². The summed E-state index contributed by atoms with van der Waals surface area (Å²) in [5.41, 5.74) is 3.95.